The number of halogens is 1. The molecule has 0 radical (unpaired) electrons. The number of hydrogen-bond acceptors (Lipinski definition) is 3. The Bertz CT molecular complexity index is 420. The molecule has 2 rings (SSSR count). The molecule has 0 saturated carbocycles. The van der Waals surface area contributed by atoms with Crippen LogP contribution >= 0.6 is 0 Å². The summed E-state index contributed by atoms with van der Waals surface area (Å²) in [5.41, 5.74) is 1.12. The lowest BCUT2D eigenvalue weighted by atomic mass is 9.94. The van der Waals surface area contributed by atoms with Crippen molar-refractivity contribution in [1.82, 2.24) is 5.32 Å². The Morgan fingerprint density at radius 1 is 1.44 bits per heavy atom. The number of β-amino-alcohol motifs (C(OH)–C–C–N with tert-alkyl or cyclic N) is 1. The molecule has 1 aliphatic rings. The first-order chi connectivity index (χ1) is 8.50. The lowest BCUT2D eigenvalue weighted by Crippen LogP contribution is -2.46. The predicted molar refractivity (Wildman–Crippen MR) is 71.2 cm³/mol. The summed E-state index contributed by atoms with van der Waals surface area (Å²) in [6.45, 7) is 3.93. The van der Waals surface area contributed by atoms with E-state index < -0.39 is 5.60 Å². The second kappa shape index (κ2) is 5.24. The van der Waals surface area contributed by atoms with Crippen LogP contribution in [0.25, 0.3) is 0 Å². The van der Waals surface area contributed by atoms with Crippen LogP contribution in [0, 0.1) is 5.82 Å². The number of anilines is 1. The van der Waals surface area contributed by atoms with Gasteiger partial charge in [-0.25, -0.2) is 4.39 Å². The summed E-state index contributed by atoms with van der Waals surface area (Å²) in [5, 5.41) is 13.1. The van der Waals surface area contributed by atoms with E-state index in [0.29, 0.717) is 13.1 Å². The topological polar surface area (TPSA) is 35.5 Å². The molecule has 1 heterocycles. The van der Waals surface area contributed by atoms with Crippen LogP contribution in [0.1, 0.15) is 25.3 Å². The minimum Gasteiger partial charge on any atom is -0.388 e. The molecule has 4 heteroatoms. The Balaban J connectivity index is 2.21. The highest BCUT2D eigenvalue weighted by atomic mass is 19.1. The van der Waals surface area contributed by atoms with Crippen molar-refractivity contribution < 1.29 is 9.50 Å². The number of hydrogen-bond donors (Lipinski definition) is 2. The molecule has 1 saturated heterocycles. The van der Waals surface area contributed by atoms with Crippen molar-refractivity contribution >= 4 is 5.69 Å². The van der Waals surface area contributed by atoms with Gasteiger partial charge < -0.3 is 15.3 Å². The number of benzene rings is 1. The minimum absolute atomic E-state index is 0.219. The van der Waals surface area contributed by atoms with Crippen molar-refractivity contribution in [3.63, 3.8) is 0 Å². The summed E-state index contributed by atoms with van der Waals surface area (Å²) >= 11 is 0. The SMILES string of the molecule is CNCc1cc(F)cc(N2CCCC(C)(O)C2)c1. The lowest BCUT2D eigenvalue weighted by molar-refractivity contribution is 0.0449. The van der Waals surface area contributed by atoms with Crippen molar-refractivity contribution in [1.29, 1.82) is 0 Å². The third kappa shape index (κ3) is 3.21. The molecule has 1 atom stereocenters. The van der Waals surface area contributed by atoms with E-state index in [9.17, 15) is 9.50 Å². The molecule has 1 aromatic carbocycles. The smallest absolute Gasteiger partial charge is 0.125 e. The summed E-state index contributed by atoms with van der Waals surface area (Å²) in [6.07, 6.45) is 1.74. The van der Waals surface area contributed by atoms with Crippen molar-refractivity contribution in [2.45, 2.75) is 31.9 Å². The van der Waals surface area contributed by atoms with Crippen LogP contribution in [-0.4, -0.2) is 30.8 Å². The van der Waals surface area contributed by atoms with E-state index in [4.69, 9.17) is 0 Å². The van der Waals surface area contributed by atoms with Crippen molar-refractivity contribution in [3.8, 4) is 0 Å². The maximum absolute atomic E-state index is 13.6. The highest BCUT2D eigenvalue weighted by molar-refractivity contribution is 5.50. The Morgan fingerprint density at radius 3 is 2.89 bits per heavy atom. The fourth-order valence-electron chi connectivity index (χ4n) is 2.56. The highest BCUT2D eigenvalue weighted by Gasteiger charge is 2.28. The van der Waals surface area contributed by atoms with Crippen LogP contribution in [0.4, 0.5) is 10.1 Å². The van der Waals surface area contributed by atoms with Crippen molar-refractivity contribution in [2.75, 3.05) is 25.0 Å². The van der Waals surface area contributed by atoms with Gasteiger partial charge in [0.25, 0.3) is 0 Å². The zero-order valence-corrected chi connectivity index (χ0v) is 11.0. The minimum atomic E-state index is -0.673. The van der Waals surface area contributed by atoms with Crippen LogP contribution in [0.2, 0.25) is 0 Å². The molecular weight excluding hydrogens is 231 g/mol. The molecule has 100 valence electrons. The van der Waals surface area contributed by atoms with Crippen LogP contribution in [0.5, 0.6) is 0 Å². The van der Waals surface area contributed by atoms with Crippen LogP contribution in [0.15, 0.2) is 18.2 Å². The average Bonchev–Trinajstić information content (AvgIpc) is 2.27. The van der Waals surface area contributed by atoms with Crippen LogP contribution < -0.4 is 10.2 Å². The van der Waals surface area contributed by atoms with Gasteiger partial charge in [-0.2, -0.15) is 0 Å². The number of aliphatic hydroxyl groups is 1. The number of piperidine rings is 1. The summed E-state index contributed by atoms with van der Waals surface area (Å²) in [7, 11) is 1.84. The summed E-state index contributed by atoms with van der Waals surface area (Å²) in [5.74, 6) is -0.219. The molecular formula is C14H21FN2O. The van der Waals surface area contributed by atoms with Gasteiger partial charge in [0.05, 0.1) is 5.60 Å². The molecule has 18 heavy (non-hydrogen) atoms. The Morgan fingerprint density at radius 2 is 2.22 bits per heavy atom. The zero-order chi connectivity index (χ0) is 13.2. The lowest BCUT2D eigenvalue weighted by Gasteiger charge is -2.38. The van der Waals surface area contributed by atoms with Gasteiger partial charge in [-0.15, -0.1) is 0 Å². The molecule has 1 aromatic rings. The zero-order valence-electron chi connectivity index (χ0n) is 11.0. The van der Waals surface area contributed by atoms with Crippen molar-refractivity contribution in [2.24, 2.45) is 0 Å². The largest absolute Gasteiger partial charge is 0.388 e. The fraction of sp³-hybridized carbons (Fsp3) is 0.571. The number of rotatable bonds is 3. The van der Waals surface area contributed by atoms with E-state index in [2.05, 4.69) is 10.2 Å². The highest BCUT2D eigenvalue weighted by Crippen LogP contribution is 2.27. The maximum Gasteiger partial charge on any atom is 0.125 e. The molecule has 0 bridgehead atoms. The van der Waals surface area contributed by atoms with Gasteiger partial charge in [-0.05, 0) is 50.6 Å². The first-order valence-corrected chi connectivity index (χ1v) is 6.41. The van der Waals surface area contributed by atoms with Gasteiger partial charge >= 0.3 is 0 Å². The summed E-state index contributed by atoms with van der Waals surface area (Å²) in [6, 6.07) is 5.07. The third-order valence-corrected chi connectivity index (χ3v) is 3.36. The van der Waals surface area contributed by atoms with Gasteiger partial charge in [0.1, 0.15) is 5.82 Å². The molecule has 0 aliphatic carbocycles. The van der Waals surface area contributed by atoms with E-state index >= 15 is 0 Å². The maximum atomic E-state index is 13.6. The first-order valence-electron chi connectivity index (χ1n) is 6.41. The van der Waals surface area contributed by atoms with E-state index in [1.165, 1.54) is 0 Å². The Labute approximate surface area is 108 Å². The molecule has 1 aliphatic heterocycles. The number of nitrogens with one attached hydrogen (secondary N) is 1. The molecule has 2 N–H and O–H groups in total. The monoisotopic (exact) mass is 252 g/mol. The standard InChI is InChI=1S/C14H21FN2O/c1-14(18)4-3-5-17(10-14)13-7-11(9-16-2)6-12(15)8-13/h6-8,16,18H,3-5,9-10H2,1-2H3. The Hall–Kier alpha value is -1.13. The summed E-state index contributed by atoms with van der Waals surface area (Å²) in [4.78, 5) is 2.06. The molecule has 0 amide bonds. The average molecular weight is 252 g/mol. The predicted octanol–water partition coefficient (Wildman–Crippen LogP) is 1.90. The second-order valence-corrected chi connectivity index (χ2v) is 5.37. The van der Waals surface area contributed by atoms with E-state index in [-0.39, 0.29) is 5.82 Å². The van der Waals surface area contributed by atoms with Gasteiger partial charge in [0, 0.05) is 25.3 Å². The van der Waals surface area contributed by atoms with Gasteiger partial charge in [0.15, 0.2) is 0 Å². The van der Waals surface area contributed by atoms with E-state index in [1.54, 1.807) is 12.1 Å². The second-order valence-electron chi connectivity index (χ2n) is 5.37. The van der Waals surface area contributed by atoms with E-state index in [1.807, 2.05) is 20.0 Å². The molecule has 1 fully saturated rings. The van der Waals surface area contributed by atoms with Gasteiger partial charge in [-0.1, -0.05) is 0 Å². The van der Waals surface area contributed by atoms with Gasteiger partial charge in [-0.3, -0.25) is 0 Å². The Kier molecular flexibility index (Phi) is 3.88. The van der Waals surface area contributed by atoms with Crippen LogP contribution in [0.3, 0.4) is 0 Å². The third-order valence-electron chi connectivity index (χ3n) is 3.36. The molecule has 1 unspecified atom stereocenters. The van der Waals surface area contributed by atoms with Crippen molar-refractivity contribution in [3.05, 3.63) is 29.6 Å². The fourth-order valence-corrected chi connectivity index (χ4v) is 2.56. The van der Waals surface area contributed by atoms with E-state index in [0.717, 1.165) is 30.6 Å². The first kappa shape index (κ1) is 13.3. The number of nitrogens with zero attached hydrogens (tertiary/aromatic N) is 1. The summed E-state index contributed by atoms with van der Waals surface area (Å²) < 4.78 is 13.6. The molecule has 3 nitrogen and oxygen atoms in total. The molecule has 0 spiro atoms. The normalized spacial score (nSPS) is 24.3. The van der Waals surface area contributed by atoms with Gasteiger partial charge in [0.2, 0.25) is 0 Å². The molecule has 0 aromatic heterocycles. The van der Waals surface area contributed by atoms with Crippen LogP contribution in [-0.2, 0) is 6.54 Å². The quantitative estimate of drug-likeness (QED) is 0.862.